The van der Waals surface area contributed by atoms with Crippen molar-refractivity contribution in [2.75, 3.05) is 26.2 Å². The molecule has 1 N–H and O–H groups in total. The lowest BCUT2D eigenvalue weighted by Crippen LogP contribution is -2.34. The van der Waals surface area contributed by atoms with Crippen molar-refractivity contribution in [2.45, 2.75) is 19.4 Å². The van der Waals surface area contributed by atoms with Gasteiger partial charge in [-0.05, 0) is 13.3 Å². The molecular weight excluding hydrogens is 180 g/mol. The molecule has 14 heavy (non-hydrogen) atoms. The number of hydrogen-bond acceptors (Lipinski definition) is 3. The molecular formula is C10H18N2O2. The van der Waals surface area contributed by atoms with Crippen LogP contribution in [0.3, 0.4) is 0 Å². The highest BCUT2D eigenvalue weighted by molar-refractivity contribution is 5.67. The summed E-state index contributed by atoms with van der Waals surface area (Å²) in [6, 6.07) is 0.479. The van der Waals surface area contributed by atoms with E-state index in [1.54, 1.807) is 11.0 Å². The zero-order valence-electron chi connectivity index (χ0n) is 8.66. The fourth-order valence-electron chi connectivity index (χ4n) is 1.41. The highest BCUT2D eigenvalue weighted by Gasteiger charge is 2.18. The lowest BCUT2D eigenvalue weighted by atomic mass is 10.2. The van der Waals surface area contributed by atoms with Gasteiger partial charge in [0.1, 0.15) is 6.61 Å². The number of carbonyl (C=O) groups excluding carboxylic acids is 1. The number of amides is 1. The molecule has 80 valence electrons. The maximum absolute atomic E-state index is 11.4. The summed E-state index contributed by atoms with van der Waals surface area (Å²) in [6.45, 7) is 8.24. The van der Waals surface area contributed by atoms with Gasteiger partial charge in [-0.3, -0.25) is 0 Å². The molecule has 0 spiro atoms. The van der Waals surface area contributed by atoms with Crippen LogP contribution in [0.2, 0.25) is 0 Å². The molecule has 0 aliphatic carbocycles. The van der Waals surface area contributed by atoms with E-state index in [9.17, 15) is 4.79 Å². The van der Waals surface area contributed by atoms with Crippen molar-refractivity contribution in [3.63, 3.8) is 0 Å². The van der Waals surface area contributed by atoms with E-state index in [0.717, 1.165) is 26.1 Å². The molecule has 0 bridgehead atoms. The van der Waals surface area contributed by atoms with Gasteiger partial charge in [0.05, 0.1) is 0 Å². The van der Waals surface area contributed by atoms with Gasteiger partial charge in [-0.25, -0.2) is 4.79 Å². The van der Waals surface area contributed by atoms with Gasteiger partial charge in [0.15, 0.2) is 0 Å². The van der Waals surface area contributed by atoms with Crippen molar-refractivity contribution in [3.05, 3.63) is 12.7 Å². The molecule has 0 aromatic carbocycles. The van der Waals surface area contributed by atoms with E-state index in [4.69, 9.17) is 4.74 Å². The average Bonchev–Trinajstić information content (AvgIpc) is 2.39. The second kappa shape index (κ2) is 5.65. The fraction of sp³-hybridized carbons (Fsp3) is 0.700. The van der Waals surface area contributed by atoms with Gasteiger partial charge in [0.2, 0.25) is 0 Å². The number of ether oxygens (including phenoxy) is 1. The Labute approximate surface area is 84.9 Å². The van der Waals surface area contributed by atoms with Crippen molar-refractivity contribution in [2.24, 2.45) is 0 Å². The smallest absolute Gasteiger partial charge is 0.410 e. The second-order valence-corrected chi connectivity index (χ2v) is 3.50. The van der Waals surface area contributed by atoms with Crippen LogP contribution in [0.15, 0.2) is 12.7 Å². The zero-order chi connectivity index (χ0) is 10.4. The van der Waals surface area contributed by atoms with E-state index in [1.807, 2.05) is 0 Å². The Bertz CT molecular complexity index is 206. The molecule has 1 rings (SSSR count). The highest BCUT2D eigenvalue weighted by atomic mass is 16.6. The van der Waals surface area contributed by atoms with Crippen LogP contribution < -0.4 is 5.32 Å². The predicted octanol–water partition coefficient (Wildman–Crippen LogP) is 0.993. The van der Waals surface area contributed by atoms with Crippen LogP contribution in [0.1, 0.15) is 13.3 Å². The molecule has 1 atom stereocenters. The molecule has 0 aromatic rings. The first-order valence-corrected chi connectivity index (χ1v) is 5.00. The largest absolute Gasteiger partial charge is 0.445 e. The number of rotatable bonds is 2. The minimum absolute atomic E-state index is 0.235. The second-order valence-electron chi connectivity index (χ2n) is 3.50. The average molecular weight is 198 g/mol. The maximum Gasteiger partial charge on any atom is 0.410 e. The quantitative estimate of drug-likeness (QED) is 0.673. The fourth-order valence-corrected chi connectivity index (χ4v) is 1.41. The first-order chi connectivity index (χ1) is 6.74. The minimum atomic E-state index is -0.235. The topological polar surface area (TPSA) is 41.6 Å². The lowest BCUT2D eigenvalue weighted by molar-refractivity contribution is 0.115. The van der Waals surface area contributed by atoms with Crippen LogP contribution in [0.25, 0.3) is 0 Å². The van der Waals surface area contributed by atoms with Crippen LogP contribution in [-0.4, -0.2) is 43.3 Å². The highest BCUT2D eigenvalue weighted by Crippen LogP contribution is 2.02. The van der Waals surface area contributed by atoms with Crippen LogP contribution in [0.5, 0.6) is 0 Å². The van der Waals surface area contributed by atoms with Crippen molar-refractivity contribution in [1.29, 1.82) is 0 Å². The van der Waals surface area contributed by atoms with Gasteiger partial charge >= 0.3 is 6.09 Å². The molecule has 0 saturated carbocycles. The standard InChI is InChI=1S/C10H18N2O2/c1-3-8-14-10(13)12-6-4-9(2)11-5-7-12/h3,9,11H,1,4-8H2,2H3/t9-/m0/s1. The van der Waals surface area contributed by atoms with E-state index < -0.39 is 0 Å². The number of nitrogens with one attached hydrogen (secondary N) is 1. The normalized spacial score (nSPS) is 22.6. The maximum atomic E-state index is 11.4. The predicted molar refractivity (Wildman–Crippen MR) is 55.2 cm³/mol. The molecule has 1 aliphatic rings. The van der Waals surface area contributed by atoms with E-state index in [2.05, 4.69) is 18.8 Å². The molecule has 0 aromatic heterocycles. The van der Waals surface area contributed by atoms with Crippen LogP contribution in [0.4, 0.5) is 4.79 Å². The molecule has 1 aliphatic heterocycles. The summed E-state index contributed by atoms with van der Waals surface area (Å²) in [7, 11) is 0. The summed E-state index contributed by atoms with van der Waals surface area (Å²) in [5.74, 6) is 0. The molecule has 1 fully saturated rings. The molecule has 0 unspecified atom stereocenters. The summed E-state index contributed by atoms with van der Waals surface area (Å²) < 4.78 is 4.96. The molecule has 1 heterocycles. The summed E-state index contributed by atoms with van der Waals surface area (Å²) in [4.78, 5) is 13.2. The summed E-state index contributed by atoms with van der Waals surface area (Å²) in [5.41, 5.74) is 0. The van der Waals surface area contributed by atoms with Crippen LogP contribution in [0, 0.1) is 0 Å². The van der Waals surface area contributed by atoms with Crippen molar-refractivity contribution in [3.8, 4) is 0 Å². The Hall–Kier alpha value is -1.03. The van der Waals surface area contributed by atoms with Crippen molar-refractivity contribution < 1.29 is 9.53 Å². The van der Waals surface area contributed by atoms with E-state index in [1.165, 1.54) is 0 Å². The van der Waals surface area contributed by atoms with Gasteiger partial charge in [-0.2, -0.15) is 0 Å². The van der Waals surface area contributed by atoms with Gasteiger partial charge in [0.25, 0.3) is 0 Å². The third-order valence-electron chi connectivity index (χ3n) is 2.29. The molecule has 1 saturated heterocycles. The van der Waals surface area contributed by atoms with E-state index in [-0.39, 0.29) is 12.7 Å². The van der Waals surface area contributed by atoms with Crippen molar-refractivity contribution >= 4 is 6.09 Å². The van der Waals surface area contributed by atoms with Gasteiger partial charge in [0, 0.05) is 25.7 Å². The Morgan fingerprint density at radius 2 is 2.50 bits per heavy atom. The van der Waals surface area contributed by atoms with Gasteiger partial charge in [-0.15, -0.1) is 0 Å². The minimum Gasteiger partial charge on any atom is -0.445 e. The lowest BCUT2D eigenvalue weighted by Gasteiger charge is -2.18. The van der Waals surface area contributed by atoms with Crippen LogP contribution in [-0.2, 0) is 4.74 Å². The van der Waals surface area contributed by atoms with E-state index >= 15 is 0 Å². The third-order valence-corrected chi connectivity index (χ3v) is 2.29. The molecule has 1 amide bonds. The van der Waals surface area contributed by atoms with Gasteiger partial charge < -0.3 is 15.0 Å². The molecule has 4 nitrogen and oxygen atoms in total. The number of nitrogens with zero attached hydrogens (tertiary/aromatic N) is 1. The van der Waals surface area contributed by atoms with Crippen LogP contribution >= 0.6 is 0 Å². The SMILES string of the molecule is C=CCOC(=O)N1CCN[C@@H](C)CC1. The Balaban J connectivity index is 2.35. The van der Waals surface area contributed by atoms with Gasteiger partial charge in [-0.1, -0.05) is 12.7 Å². The molecule has 4 heteroatoms. The molecule has 0 radical (unpaired) electrons. The Morgan fingerprint density at radius 3 is 3.21 bits per heavy atom. The Kier molecular flexibility index (Phi) is 4.46. The third kappa shape index (κ3) is 3.38. The summed E-state index contributed by atoms with van der Waals surface area (Å²) in [6.07, 6.45) is 2.32. The number of carbonyl (C=O) groups is 1. The van der Waals surface area contributed by atoms with Crippen molar-refractivity contribution in [1.82, 2.24) is 10.2 Å². The summed E-state index contributed by atoms with van der Waals surface area (Å²) in [5, 5.41) is 3.32. The summed E-state index contributed by atoms with van der Waals surface area (Å²) >= 11 is 0. The monoisotopic (exact) mass is 198 g/mol. The zero-order valence-corrected chi connectivity index (χ0v) is 8.66. The number of hydrogen-bond donors (Lipinski definition) is 1. The first-order valence-electron chi connectivity index (χ1n) is 5.00. The van der Waals surface area contributed by atoms with E-state index in [0.29, 0.717) is 6.04 Å². The Morgan fingerprint density at radius 1 is 1.71 bits per heavy atom. The first kappa shape index (κ1) is 11.0.